The van der Waals surface area contributed by atoms with E-state index in [2.05, 4.69) is 59.0 Å². The van der Waals surface area contributed by atoms with E-state index in [1.165, 1.54) is 11.1 Å². The second-order valence-corrected chi connectivity index (χ2v) is 5.39. The average Bonchev–Trinajstić information content (AvgIpc) is 2.45. The first-order valence-electron chi connectivity index (χ1n) is 6.52. The van der Waals surface area contributed by atoms with Gasteiger partial charge in [-0.25, -0.2) is 0 Å². The van der Waals surface area contributed by atoms with Gasteiger partial charge in [0.25, 0.3) is 0 Å². The van der Waals surface area contributed by atoms with Crippen LogP contribution in [0.2, 0.25) is 0 Å². The standard InChI is InChI=1S/C17H18BrNO/c1-3-10-20-17-9-8-14(11-15(17)18)12-19-16-7-5-4-6-13(16)2/h3-9,11,19H,1,10,12H2,2H3. The van der Waals surface area contributed by atoms with Crippen molar-refractivity contribution in [2.45, 2.75) is 13.5 Å². The fraction of sp³-hybridized carbons (Fsp3) is 0.176. The van der Waals surface area contributed by atoms with Crippen molar-refractivity contribution >= 4 is 21.6 Å². The number of ether oxygens (including phenoxy) is 1. The number of hydrogen-bond acceptors (Lipinski definition) is 2. The van der Waals surface area contributed by atoms with Crippen LogP contribution in [0.15, 0.2) is 59.6 Å². The van der Waals surface area contributed by atoms with Crippen LogP contribution < -0.4 is 10.1 Å². The molecule has 2 aromatic carbocycles. The van der Waals surface area contributed by atoms with E-state index in [1.54, 1.807) is 6.08 Å². The van der Waals surface area contributed by atoms with Crippen LogP contribution in [0.25, 0.3) is 0 Å². The molecule has 0 amide bonds. The van der Waals surface area contributed by atoms with E-state index in [9.17, 15) is 0 Å². The Morgan fingerprint density at radius 3 is 2.75 bits per heavy atom. The fourth-order valence-corrected chi connectivity index (χ4v) is 2.43. The van der Waals surface area contributed by atoms with Crippen LogP contribution in [0.3, 0.4) is 0 Å². The topological polar surface area (TPSA) is 21.3 Å². The molecule has 0 bridgehead atoms. The molecule has 104 valence electrons. The predicted octanol–water partition coefficient (Wildman–Crippen LogP) is 4.93. The largest absolute Gasteiger partial charge is 0.488 e. The highest BCUT2D eigenvalue weighted by atomic mass is 79.9. The number of anilines is 1. The maximum Gasteiger partial charge on any atom is 0.133 e. The third-order valence-electron chi connectivity index (χ3n) is 2.98. The van der Waals surface area contributed by atoms with Crippen molar-refractivity contribution in [3.05, 3.63) is 70.7 Å². The smallest absolute Gasteiger partial charge is 0.133 e. The van der Waals surface area contributed by atoms with E-state index in [-0.39, 0.29) is 0 Å². The minimum Gasteiger partial charge on any atom is -0.488 e. The summed E-state index contributed by atoms with van der Waals surface area (Å²) in [5.74, 6) is 0.838. The number of benzene rings is 2. The van der Waals surface area contributed by atoms with Crippen LogP contribution in [0.4, 0.5) is 5.69 Å². The molecule has 0 saturated heterocycles. The average molecular weight is 332 g/mol. The number of nitrogens with one attached hydrogen (secondary N) is 1. The maximum absolute atomic E-state index is 5.54. The van der Waals surface area contributed by atoms with Crippen molar-refractivity contribution in [2.24, 2.45) is 0 Å². The lowest BCUT2D eigenvalue weighted by atomic mass is 10.1. The van der Waals surface area contributed by atoms with Gasteiger partial charge in [0, 0.05) is 12.2 Å². The zero-order valence-electron chi connectivity index (χ0n) is 11.5. The first-order valence-corrected chi connectivity index (χ1v) is 7.31. The molecule has 2 nitrogen and oxygen atoms in total. The van der Waals surface area contributed by atoms with Crippen molar-refractivity contribution < 1.29 is 4.74 Å². The molecule has 0 heterocycles. The van der Waals surface area contributed by atoms with E-state index in [4.69, 9.17) is 4.74 Å². The molecule has 0 aromatic heterocycles. The number of aryl methyl sites for hydroxylation is 1. The molecule has 0 fully saturated rings. The normalized spacial score (nSPS) is 10.1. The lowest BCUT2D eigenvalue weighted by Crippen LogP contribution is -2.01. The highest BCUT2D eigenvalue weighted by molar-refractivity contribution is 9.10. The molecule has 1 N–H and O–H groups in total. The summed E-state index contributed by atoms with van der Waals surface area (Å²) < 4.78 is 6.50. The number of halogens is 1. The van der Waals surface area contributed by atoms with Crippen LogP contribution in [0.5, 0.6) is 5.75 Å². The van der Waals surface area contributed by atoms with Gasteiger partial charge in [0.2, 0.25) is 0 Å². The Bertz CT molecular complexity index is 595. The summed E-state index contributed by atoms with van der Waals surface area (Å²) >= 11 is 3.53. The summed E-state index contributed by atoms with van der Waals surface area (Å²) in [4.78, 5) is 0. The van der Waals surface area contributed by atoms with Gasteiger partial charge in [-0.1, -0.05) is 36.9 Å². The van der Waals surface area contributed by atoms with Crippen molar-refractivity contribution in [1.29, 1.82) is 0 Å². The first kappa shape index (κ1) is 14.7. The maximum atomic E-state index is 5.54. The molecular formula is C17H18BrNO. The summed E-state index contributed by atoms with van der Waals surface area (Å²) in [6, 6.07) is 14.4. The Kier molecular flexibility index (Phi) is 5.24. The van der Waals surface area contributed by atoms with Crippen LogP contribution in [0.1, 0.15) is 11.1 Å². The summed E-state index contributed by atoms with van der Waals surface area (Å²) in [5, 5.41) is 3.44. The van der Waals surface area contributed by atoms with Crippen LogP contribution in [0, 0.1) is 6.92 Å². The van der Waals surface area contributed by atoms with Crippen molar-refractivity contribution in [3.8, 4) is 5.75 Å². The van der Waals surface area contributed by atoms with Crippen molar-refractivity contribution in [3.63, 3.8) is 0 Å². The molecule has 2 aromatic rings. The van der Waals surface area contributed by atoms with Gasteiger partial charge in [0.05, 0.1) is 4.47 Å². The van der Waals surface area contributed by atoms with Crippen LogP contribution >= 0.6 is 15.9 Å². The van der Waals surface area contributed by atoms with Gasteiger partial charge in [0.1, 0.15) is 12.4 Å². The third kappa shape index (κ3) is 3.87. The molecule has 20 heavy (non-hydrogen) atoms. The second kappa shape index (κ2) is 7.15. The van der Waals surface area contributed by atoms with Crippen LogP contribution in [-0.2, 0) is 6.54 Å². The number of para-hydroxylation sites is 1. The zero-order chi connectivity index (χ0) is 14.4. The summed E-state index contributed by atoms with van der Waals surface area (Å²) in [7, 11) is 0. The summed E-state index contributed by atoms with van der Waals surface area (Å²) in [5.41, 5.74) is 3.61. The summed E-state index contributed by atoms with van der Waals surface area (Å²) in [6.45, 7) is 7.04. The molecule has 0 atom stereocenters. The van der Waals surface area contributed by atoms with Gasteiger partial charge in [-0.3, -0.25) is 0 Å². The van der Waals surface area contributed by atoms with E-state index in [1.807, 2.05) is 18.2 Å². The van der Waals surface area contributed by atoms with Gasteiger partial charge < -0.3 is 10.1 Å². The fourth-order valence-electron chi connectivity index (χ4n) is 1.89. The lowest BCUT2D eigenvalue weighted by Gasteiger charge is -2.11. The Morgan fingerprint density at radius 2 is 2.05 bits per heavy atom. The molecule has 2 rings (SSSR count). The quantitative estimate of drug-likeness (QED) is 0.757. The SMILES string of the molecule is C=CCOc1ccc(CNc2ccccc2C)cc1Br. The van der Waals surface area contributed by atoms with Crippen molar-refractivity contribution in [1.82, 2.24) is 0 Å². The highest BCUT2D eigenvalue weighted by Gasteiger charge is 2.03. The molecule has 0 aliphatic carbocycles. The number of hydrogen-bond donors (Lipinski definition) is 1. The molecular weight excluding hydrogens is 314 g/mol. The molecule has 0 unspecified atom stereocenters. The summed E-state index contributed by atoms with van der Waals surface area (Å²) in [6.07, 6.45) is 1.74. The monoisotopic (exact) mass is 331 g/mol. The highest BCUT2D eigenvalue weighted by Crippen LogP contribution is 2.26. The predicted molar refractivity (Wildman–Crippen MR) is 88.3 cm³/mol. The zero-order valence-corrected chi connectivity index (χ0v) is 13.1. The Balaban J connectivity index is 2.02. The third-order valence-corrected chi connectivity index (χ3v) is 3.60. The van der Waals surface area contributed by atoms with Gasteiger partial charge in [-0.05, 0) is 52.2 Å². The lowest BCUT2D eigenvalue weighted by molar-refractivity contribution is 0.361. The Hall–Kier alpha value is -1.74. The van der Waals surface area contributed by atoms with E-state index >= 15 is 0 Å². The number of rotatable bonds is 6. The Morgan fingerprint density at radius 1 is 1.25 bits per heavy atom. The van der Waals surface area contributed by atoms with E-state index < -0.39 is 0 Å². The first-order chi connectivity index (χ1) is 9.70. The molecule has 3 heteroatoms. The molecule has 0 saturated carbocycles. The van der Waals surface area contributed by atoms with Crippen LogP contribution in [-0.4, -0.2) is 6.61 Å². The van der Waals surface area contributed by atoms with Gasteiger partial charge in [-0.2, -0.15) is 0 Å². The molecule has 0 aliphatic heterocycles. The minimum atomic E-state index is 0.513. The molecule has 0 radical (unpaired) electrons. The van der Waals surface area contributed by atoms with E-state index in [0.29, 0.717) is 6.61 Å². The molecule has 0 spiro atoms. The Labute approximate surface area is 128 Å². The van der Waals surface area contributed by atoms with Gasteiger partial charge in [-0.15, -0.1) is 0 Å². The van der Waals surface area contributed by atoms with Gasteiger partial charge in [0.15, 0.2) is 0 Å². The second-order valence-electron chi connectivity index (χ2n) is 4.53. The molecule has 0 aliphatic rings. The van der Waals surface area contributed by atoms with E-state index in [0.717, 1.165) is 22.5 Å². The van der Waals surface area contributed by atoms with Gasteiger partial charge >= 0.3 is 0 Å². The van der Waals surface area contributed by atoms with Crippen molar-refractivity contribution in [2.75, 3.05) is 11.9 Å². The minimum absolute atomic E-state index is 0.513.